The van der Waals surface area contributed by atoms with Gasteiger partial charge in [-0.15, -0.1) is 0 Å². The number of nitrogens with zero attached hydrogens (tertiary/aromatic N) is 5. The van der Waals surface area contributed by atoms with Crippen LogP contribution >= 0.6 is 0 Å². The van der Waals surface area contributed by atoms with Crippen molar-refractivity contribution in [1.82, 2.24) is 14.9 Å². The molecule has 0 aliphatic carbocycles. The summed E-state index contributed by atoms with van der Waals surface area (Å²) in [5.74, 6) is 1.55. The number of hydrogen-bond acceptors (Lipinski definition) is 9. The van der Waals surface area contributed by atoms with Gasteiger partial charge in [-0.3, -0.25) is 9.63 Å². The predicted molar refractivity (Wildman–Crippen MR) is 175 cm³/mol. The van der Waals surface area contributed by atoms with Crippen molar-refractivity contribution in [1.29, 1.82) is 0 Å². The highest BCUT2D eigenvalue weighted by Crippen LogP contribution is 2.40. The van der Waals surface area contributed by atoms with Gasteiger partial charge in [-0.1, -0.05) is 55.1 Å². The van der Waals surface area contributed by atoms with Gasteiger partial charge in [0.25, 0.3) is 0 Å². The molecule has 6 rings (SSSR count). The van der Waals surface area contributed by atoms with Gasteiger partial charge in [0.05, 0.1) is 36.8 Å². The Bertz CT molecular complexity index is 1620. The van der Waals surface area contributed by atoms with Crippen molar-refractivity contribution < 1.29 is 14.4 Å². The number of amides is 1. The Morgan fingerprint density at radius 1 is 0.977 bits per heavy atom. The molecule has 2 aliphatic heterocycles. The van der Waals surface area contributed by atoms with Crippen molar-refractivity contribution in [3.63, 3.8) is 0 Å². The van der Waals surface area contributed by atoms with Gasteiger partial charge in [0.15, 0.2) is 5.82 Å². The summed E-state index contributed by atoms with van der Waals surface area (Å²) in [4.78, 5) is 32.1. The summed E-state index contributed by atoms with van der Waals surface area (Å²) in [6.45, 7) is 7.74. The van der Waals surface area contributed by atoms with Gasteiger partial charge in [0.1, 0.15) is 17.9 Å². The Kier molecular flexibility index (Phi) is 8.71. The third-order valence-corrected chi connectivity index (χ3v) is 8.03. The molecule has 2 aliphatic rings. The zero-order chi connectivity index (χ0) is 30.5. The minimum Gasteiger partial charge on any atom is -0.494 e. The number of benzene rings is 3. The molecule has 0 radical (unpaired) electrons. The predicted octanol–water partition coefficient (Wildman–Crippen LogP) is 5.66. The molecule has 2 fully saturated rings. The molecule has 44 heavy (non-hydrogen) atoms. The quantitative estimate of drug-likeness (QED) is 0.239. The monoisotopic (exact) mass is 591 g/mol. The number of ether oxygens (including phenoxy) is 1. The average Bonchev–Trinajstić information content (AvgIpc) is 3.56. The van der Waals surface area contributed by atoms with E-state index in [1.54, 1.807) is 7.11 Å². The molecule has 2 saturated heterocycles. The fourth-order valence-corrected chi connectivity index (χ4v) is 5.66. The molecule has 3 aromatic carbocycles. The lowest BCUT2D eigenvalue weighted by Gasteiger charge is -2.35. The van der Waals surface area contributed by atoms with Crippen LogP contribution in [0.2, 0.25) is 0 Å². The first kappa shape index (κ1) is 29.2. The number of hydroxylamine groups is 1. The van der Waals surface area contributed by atoms with E-state index in [2.05, 4.69) is 80.4 Å². The van der Waals surface area contributed by atoms with Crippen LogP contribution in [-0.4, -0.2) is 67.7 Å². The number of aromatic nitrogens is 2. The average molecular weight is 592 g/mol. The summed E-state index contributed by atoms with van der Waals surface area (Å²) < 4.78 is 5.80. The highest BCUT2D eigenvalue weighted by atomic mass is 16.7. The lowest BCUT2D eigenvalue weighted by Crippen LogP contribution is -2.44. The Labute approximate surface area is 257 Å². The first-order valence-corrected chi connectivity index (χ1v) is 14.8. The maximum absolute atomic E-state index is 12.4. The highest BCUT2D eigenvalue weighted by Gasteiger charge is 2.29. The zero-order valence-electron chi connectivity index (χ0n) is 25.1. The largest absolute Gasteiger partial charge is 0.494 e. The van der Waals surface area contributed by atoms with Crippen molar-refractivity contribution in [3.05, 3.63) is 97.3 Å². The first-order chi connectivity index (χ1) is 21.5. The Balaban J connectivity index is 1.27. The second-order valence-corrected chi connectivity index (χ2v) is 10.9. The van der Waals surface area contributed by atoms with Gasteiger partial charge < -0.3 is 25.2 Å². The number of carbonyl (C=O) groups is 1. The van der Waals surface area contributed by atoms with Crippen molar-refractivity contribution in [3.8, 4) is 16.9 Å². The van der Waals surface area contributed by atoms with Crippen molar-refractivity contribution in [2.75, 3.05) is 67.5 Å². The smallest absolute Gasteiger partial charge is 0.247 e. The summed E-state index contributed by atoms with van der Waals surface area (Å²) in [5, 5.41) is 8.21. The fourth-order valence-electron chi connectivity index (χ4n) is 5.66. The Morgan fingerprint density at radius 3 is 2.55 bits per heavy atom. The standard InChI is InChI=1S/C34H37N7O3/c1-4-34(42)38-27-20-28(31(43-3)21-30(27)40-16-14-39(2)15-17-40)37-32-22-33(36-23-35-32)41-29(13-18-44-41)26-12-8-11-25(19-26)24-9-6-5-7-10-24/h4-12,19-23,29H,1,13-18H2,2-3H3,(H,38,42)(H,35,36,37)/t29-/m1/s1. The number of carbonyl (C=O) groups excluding carboxylic acids is 1. The van der Waals surface area contributed by atoms with Gasteiger partial charge >= 0.3 is 0 Å². The SMILES string of the molecule is C=CC(=O)Nc1cc(Nc2cc(N3OCC[C@@H]3c3cccc(-c4ccccc4)c3)ncn2)c(OC)cc1N1CCN(C)CC1. The molecule has 0 saturated carbocycles. The van der Waals surface area contributed by atoms with Gasteiger partial charge in [-0.05, 0) is 41.9 Å². The molecule has 0 unspecified atom stereocenters. The van der Waals surface area contributed by atoms with E-state index in [-0.39, 0.29) is 11.9 Å². The molecule has 0 spiro atoms. The Morgan fingerprint density at radius 2 is 1.77 bits per heavy atom. The van der Waals surface area contributed by atoms with E-state index in [0.717, 1.165) is 49.4 Å². The van der Waals surface area contributed by atoms with E-state index in [9.17, 15) is 4.79 Å². The normalized spacial score (nSPS) is 16.9. The number of nitrogens with one attached hydrogen (secondary N) is 2. The zero-order valence-corrected chi connectivity index (χ0v) is 25.1. The van der Waals surface area contributed by atoms with Crippen LogP contribution in [0.5, 0.6) is 5.75 Å². The number of likely N-dealkylation sites (N-methyl/N-ethyl adjacent to an activating group) is 1. The van der Waals surface area contributed by atoms with E-state index in [1.165, 1.54) is 18.0 Å². The summed E-state index contributed by atoms with van der Waals surface area (Å²) in [7, 11) is 3.74. The van der Waals surface area contributed by atoms with Crippen molar-refractivity contribution >= 4 is 34.6 Å². The summed E-state index contributed by atoms with van der Waals surface area (Å²) in [6.07, 6.45) is 3.62. The van der Waals surface area contributed by atoms with Gasteiger partial charge in [-0.25, -0.2) is 15.0 Å². The van der Waals surface area contributed by atoms with Crippen LogP contribution in [0.15, 0.2) is 91.8 Å². The van der Waals surface area contributed by atoms with Crippen LogP contribution in [0.4, 0.5) is 28.7 Å². The number of hydrogen-bond donors (Lipinski definition) is 2. The Hall–Kier alpha value is -4.93. The molecule has 226 valence electrons. The van der Waals surface area contributed by atoms with Crippen molar-refractivity contribution in [2.24, 2.45) is 0 Å². The van der Waals surface area contributed by atoms with Crippen LogP contribution in [0, 0.1) is 0 Å². The summed E-state index contributed by atoms with van der Waals surface area (Å²) in [5.41, 5.74) is 5.70. The maximum Gasteiger partial charge on any atom is 0.247 e. The molecule has 10 nitrogen and oxygen atoms in total. The number of anilines is 5. The van der Waals surface area contributed by atoms with E-state index >= 15 is 0 Å². The third-order valence-electron chi connectivity index (χ3n) is 8.03. The van der Waals surface area contributed by atoms with E-state index in [0.29, 0.717) is 35.4 Å². The minimum absolute atomic E-state index is 0.000428. The van der Waals surface area contributed by atoms with Crippen LogP contribution < -0.4 is 25.3 Å². The molecule has 1 aromatic heterocycles. The van der Waals surface area contributed by atoms with Gasteiger partial charge in [0, 0.05) is 44.7 Å². The lowest BCUT2D eigenvalue weighted by atomic mass is 9.98. The van der Waals surface area contributed by atoms with Crippen LogP contribution in [0.1, 0.15) is 18.0 Å². The number of rotatable bonds is 9. The van der Waals surface area contributed by atoms with Crippen LogP contribution in [-0.2, 0) is 9.63 Å². The van der Waals surface area contributed by atoms with Crippen LogP contribution in [0.3, 0.4) is 0 Å². The third kappa shape index (κ3) is 6.36. The van der Waals surface area contributed by atoms with E-state index in [4.69, 9.17) is 9.57 Å². The number of piperazine rings is 1. The molecule has 1 atom stereocenters. The number of methoxy groups -OCH3 is 1. The molecule has 1 amide bonds. The second-order valence-electron chi connectivity index (χ2n) is 10.9. The molecule has 3 heterocycles. The maximum atomic E-state index is 12.4. The molecule has 4 aromatic rings. The first-order valence-electron chi connectivity index (χ1n) is 14.8. The minimum atomic E-state index is -0.283. The summed E-state index contributed by atoms with van der Waals surface area (Å²) in [6, 6.07) is 24.6. The molecule has 2 N–H and O–H groups in total. The van der Waals surface area contributed by atoms with E-state index in [1.807, 2.05) is 41.5 Å². The lowest BCUT2D eigenvalue weighted by molar-refractivity contribution is -0.111. The molecular weight excluding hydrogens is 554 g/mol. The fraction of sp³-hybridized carbons (Fsp3) is 0.265. The molecular formula is C34H37N7O3. The topological polar surface area (TPSA) is 95.1 Å². The molecule has 10 heteroatoms. The van der Waals surface area contributed by atoms with Gasteiger partial charge in [-0.2, -0.15) is 0 Å². The molecule has 0 bridgehead atoms. The summed E-state index contributed by atoms with van der Waals surface area (Å²) >= 11 is 0. The van der Waals surface area contributed by atoms with Crippen LogP contribution in [0.25, 0.3) is 11.1 Å². The second kappa shape index (κ2) is 13.2. The van der Waals surface area contributed by atoms with E-state index < -0.39 is 0 Å². The van der Waals surface area contributed by atoms with Gasteiger partial charge in [0.2, 0.25) is 5.91 Å². The highest BCUT2D eigenvalue weighted by molar-refractivity contribution is 6.02. The van der Waals surface area contributed by atoms with Crippen molar-refractivity contribution in [2.45, 2.75) is 12.5 Å².